The number of nitrogens with one attached hydrogen (secondary N) is 1. The van der Waals surface area contributed by atoms with Crippen molar-refractivity contribution in [3.8, 4) is 29.4 Å². The number of piperidine rings is 1. The lowest BCUT2D eigenvalue weighted by Crippen LogP contribution is -2.40. The van der Waals surface area contributed by atoms with E-state index in [1.165, 1.54) is 18.2 Å². The van der Waals surface area contributed by atoms with Crippen LogP contribution in [-0.2, 0) is 6.18 Å². The molecular weight excluding hydrogens is 357 g/mol. The van der Waals surface area contributed by atoms with Crippen LogP contribution in [0.3, 0.4) is 0 Å². The Morgan fingerprint density at radius 2 is 2.07 bits per heavy atom. The maximum absolute atomic E-state index is 13.6. The van der Waals surface area contributed by atoms with Crippen LogP contribution in [0.2, 0.25) is 0 Å². The number of terminal acetylenes is 1. The number of anilines is 1. The number of aromatic nitrogens is 2. The van der Waals surface area contributed by atoms with Gasteiger partial charge in [0.15, 0.2) is 0 Å². The van der Waals surface area contributed by atoms with E-state index in [9.17, 15) is 18.3 Å². The molecule has 1 aliphatic rings. The van der Waals surface area contributed by atoms with Crippen molar-refractivity contribution in [1.82, 2.24) is 15.1 Å². The van der Waals surface area contributed by atoms with E-state index in [-0.39, 0.29) is 23.2 Å². The van der Waals surface area contributed by atoms with Gasteiger partial charge in [0.25, 0.3) is 0 Å². The zero-order valence-corrected chi connectivity index (χ0v) is 14.7. The number of hydrogen-bond donors (Lipinski definition) is 2. The molecule has 0 amide bonds. The fourth-order valence-corrected chi connectivity index (χ4v) is 3.19. The molecule has 5 nitrogen and oxygen atoms in total. The van der Waals surface area contributed by atoms with Gasteiger partial charge in [-0.05, 0) is 50.7 Å². The molecule has 0 aliphatic carbocycles. The van der Waals surface area contributed by atoms with Gasteiger partial charge in [-0.1, -0.05) is 5.92 Å². The highest BCUT2D eigenvalue weighted by Crippen LogP contribution is 2.39. The highest BCUT2D eigenvalue weighted by Gasteiger charge is 2.36. The van der Waals surface area contributed by atoms with Crippen molar-refractivity contribution in [2.24, 2.45) is 0 Å². The number of nitrogens with zero attached hydrogens (tertiary/aromatic N) is 3. The molecule has 1 aromatic heterocycles. The second-order valence-electron chi connectivity index (χ2n) is 6.61. The van der Waals surface area contributed by atoms with Crippen molar-refractivity contribution < 1.29 is 18.3 Å². The minimum atomic E-state index is -4.65. The van der Waals surface area contributed by atoms with Crippen LogP contribution in [0.25, 0.3) is 11.3 Å². The number of hydrogen-bond acceptors (Lipinski definition) is 5. The van der Waals surface area contributed by atoms with Crippen molar-refractivity contribution in [3.63, 3.8) is 0 Å². The van der Waals surface area contributed by atoms with Gasteiger partial charge in [0.1, 0.15) is 17.3 Å². The highest BCUT2D eigenvalue weighted by atomic mass is 19.4. The highest BCUT2D eigenvalue weighted by molar-refractivity contribution is 5.72. The minimum absolute atomic E-state index is 0.00768. The van der Waals surface area contributed by atoms with Gasteiger partial charge in [-0.2, -0.15) is 13.2 Å². The van der Waals surface area contributed by atoms with E-state index in [0.29, 0.717) is 5.56 Å². The van der Waals surface area contributed by atoms with E-state index >= 15 is 0 Å². The Morgan fingerprint density at radius 3 is 2.70 bits per heavy atom. The summed E-state index contributed by atoms with van der Waals surface area (Å²) in [4.78, 5) is 2.11. The Labute approximate surface area is 155 Å². The molecule has 2 aromatic rings. The summed E-state index contributed by atoms with van der Waals surface area (Å²) in [5.74, 6) is 2.00. The van der Waals surface area contributed by atoms with E-state index in [2.05, 4.69) is 26.3 Å². The average Bonchev–Trinajstić information content (AvgIpc) is 2.61. The molecule has 1 aromatic carbocycles. The summed E-state index contributed by atoms with van der Waals surface area (Å²) in [6.45, 7) is 1.68. The van der Waals surface area contributed by atoms with Gasteiger partial charge in [-0.25, -0.2) is 0 Å². The molecule has 3 rings (SSSR count). The second kappa shape index (κ2) is 7.45. The first-order chi connectivity index (χ1) is 12.8. The van der Waals surface area contributed by atoms with Crippen molar-refractivity contribution in [3.05, 3.63) is 35.4 Å². The molecule has 1 aliphatic heterocycles. The van der Waals surface area contributed by atoms with Crippen LogP contribution < -0.4 is 5.32 Å². The number of alkyl halides is 3. The number of halogens is 3. The molecule has 2 heterocycles. The van der Waals surface area contributed by atoms with Crippen LogP contribution in [0.1, 0.15) is 24.0 Å². The molecule has 1 saturated heterocycles. The molecule has 27 heavy (non-hydrogen) atoms. The largest absolute Gasteiger partial charge is 0.507 e. The monoisotopic (exact) mass is 376 g/mol. The molecule has 0 saturated carbocycles. The lowest BCUT2D eigenvalue weighted by molar-refractivity contribution is -0.137. The zero-order chi connectivity index (χ0) is 19.6. The molecule has 142 valence electrons. The number of phenolic OH excluding ortho intramolecular Hbond substituents is 1. The third-order valence-electron chi connectivity index (χ3n) is 4.50. The quantitative estimate of drug-likeness (QED) is 0.805. The molecule has 0 radical (unpaired) electrons. The number of phenols is 1. The minimum Gasteiger partial charge on any atom is -0.507 e. The predicted octanol–water partition coefficient (Wildman–Crippen LogP) is 3.36. The number of likely N-dealkylation sites (N-methyl/N-ethyl adjacent to an activating group) is 1. The van der Waals surface area contributed by atoms with Gasteiger partial charge in [-0.3, -0.25) is 0 Å². The number of benzene rings is 1. The van der Waals surface area contributed by atoms with Crippen LogP contribution in [0, 0.1) is 12.3 Å². The first-order valence-electron chi connectivity index (χ1n) is 8.48. The zero-order valence-electron chi connectivity index (χ0n) is 14.7. The normalized spacial score (nSPS) is 18.1. The maximum Gasteiger partial charge on any atom is 0.418 e. The van der Waals surface area contributed by atoms with Crippen molar-refractivity contribution in [2.75, 3.05) is 25.5 Å². The third-order valence-corrected chi connectivity index (χ3v) is 4.50. The predicted molar refractivity (Wildman–Crippen MR) is 96.2 cm³/mol. The first kappa shape index (κ1) is 19.0. The van der Waals surface area contributed by atoms with Crippen LogP contribution in [-0.4, -0.2) is 46.4 Å². The Kier molecular flexibility index (Phi) is 5.24. The van der Waals surface area contributed by atoms with E-state index in [0.717, 1.165) is 32.0 Å². The van der Waals surface area contributed by atoms with Gasteiger partial charge < -0.3 is 15.3 Å². The Bertz CT molecular complexity index is 876. The van der Waals surface area contributed by atoms with E-state index in [1.54, 1.807) is 0 Å². The molecule has 1 atom stereocenters. The summed E-state index contributed by atoms with van der Waals surface area (Å²) in [6, 6.07) is 4.92. The molecule has 0 bridgehead atoms. The maximum atomic E-state index is 13.6. The molecule has 8 heteroatoms. The fourth-order valence-electron chi connectivity index (χ4n) is 3.19. The SMILES string of the molecule is C#Cc1ccc(-c2nnc(N[C@@H]3CCCN(C)C3)cc2C(F)(F)F)c(O)c1. The smallest absolute Gasteiger partial charge is 0.418 e. The van der Waals surface area contributed by atoms with E-state index in [4.69, 9.17) is 6.42 Å². The second-order valence-corrected chi connectivity index (χ2v) is 6.61. The van der Waals surface area contributed by atoms with Gasteiger partial charge in [0.05, 0.1) is 5.56 Å². The molecule has 0 spiro atoms. The lowest BCUT2D eigenvalue weighted by Gasteiger charge is -2.30. The topological polar surface area (TPSA) is 61.3 Å². The Balaban J connectivity index is 1.97. The van der Waals surface area contributed by atoms with Crippen LogP contribution in [0.4, 0.5) is 19.0 Å². The number of aromatic hydroxyl groups is 1. The summed E-state index contributed by atoms with van der Waals surface area (Å²) in [7, 11) is 1.96. The summed E-state index contributed by atoms with van der Waals surface area (Å²) in [5.41, 5.74) is -1.11. The van der Waals surface area contributed by atoms with Crippen molar-refractivity contribution in [1.29, 1.82) is 0 Å². The Hall–Kier alpha value is -2.79. The standard InChI is InChI=1S/C19H19F3N4O/c1-3-12-6-7-14(16(27)9-12)18-15(19(20,21)22)10-17(24-25-18)23-13-5-4-8-26(2)11-13/h1,6-7,9-10,13,27H,4-5,8,11H2,2H3,(H,23,24)/t13-/m1/s1. The number of rotatable bonds is 3. The van der Waals surface area contributed by atoms with E-state index in [1.807, 2.05) is 7.05 Å². The summed E-state index contributed by atoms with van der Waals surface area (Å²) >= 11 is 0. The van der Waals surface area contributed by atoms with Crippen molar-refractivity contribution >= 4 is 5.82 Å². The van der Waals surface area contributed by atoms with E-state index < -0.39 is 17.4 Å². The first-order valence-corrected chi connectivity index (χ1v) is 8.48. The summed E-state index contributed by atoms with van der Waals surface area (Å²) in [6.07, 6.45) is 2.40. The Morgan fingerprint density at radius 1 is 1.30 bits per heavy atom. The van der Waals surface area contributed by atoms with Crippen molar-refractivity contribution in [2.45, 2.75) is 25.1 Å². The lowest BCUT2D eigenvalue weighted by atomic mass is 10.0. The molecule has 0 unspecified atom stereocenters. The molecular formula is C19H19F3N4O. The van der Waals surface area contributed by atoms with Gasteiger partial charge in [0, 0.05) is 23.7 Å². The van der Waals surface area contributed by atoms with Gasteiger partial charge in [-0.15, -0.1) is 16.6 Å². The third kappa shape index (κ3) is 4.31. The van der Waals surface area contributed by atoms with Crippen LogP contribution in [0.5, 0.6) is 5.75 Å². The number of likely N-dealkylation sites (tertiary alicyclic amines) is 1. The fraction of sp³-hybridized carbons (Fsp3) is 0.368. The van der Waals surface area contributed by atoms with Crippen LogP contribution >= 0.6 is 0 Å². The summed E-state index contributed by atoms with van der Waals surface area (Å²) < 4.78 is 40.8. The average molecular weight is 376 g/mol. The van der Waals surface area contributed by atoms with Crippen LogP contribution in [0.15, 0.2) is 24.3 Å². The summed E-state index contributed by atoms with van der Waals surface area (Å²) in [5, 5.41) is 20.8. The molecule has 1 fully saturated rings. The van der Waals surface area contributed by atoms with Gasteiger partial charge in [0.2, 0.25) is 0 Å². The molecule has 2 N–H and O–H groups in total. The van der Waals surface area contributed by atoms with Gasteiger partial charge >= 0.3 is 6.18 Å².